The molecule has 2 N–H and O–H groups in total. The van der Waals surface area contributed by atoms with Crippen LogP contribution in [-0.4, -0.2) is 18.5 Å². The number of hydrogen-bond acceptors (Lipinski definition) is 2. The number of hydrogen-bond donors (Lipinski definition) is 2. The molecule has 0 saturated heterocycles. The Hall–Kier alpha value is -1.06. The normalized spacial score (nSPS) is 15.0. The van der Waals surface area contributed by atoms with Gasteiger partial charge < -0.3 is 10.6 Å². The SMILES string of the molecule is O=C(CNC1CC1)Nc1ccc(Cl)cc1. The molecule has 1 aliphatic carbocycles. The second-order valence-electron chi connectivity index (χ2n) is 3.71. The highest BCUT2D eigenvalue weighted by Gasteiger charge is 2.20. The molecular weight excluding hydrogens is 212 g/mol. The van der Waals surface area contributed by atoms with Gasteiger partial charge in [-0.1, -0.05) is 11.6 Å². The quantitative estimate of drug-likeness (QED) is 0.822. The Morgan fingerprint density at radius 2 is 2.00 bits per heavy atom. The second kappa shape index (κ2) is 4.64. The van der Waals surface area contributed by atoms with Crippen molar-refractivity contribution in [1.29, 1.82) is 0 Å². The van der Waals surface area contributed by atoms with Crippen molar-refractivity contribution in [2.75, 3.05) is 11.9 Å². The van der Waals surface area contributed by atoms with E-state index in [9.17, 15) is 4.79 Å². The smallest absolute Gasteiger partial charge is 0.238 e. The lowest BCUT2D eigenvalue weighted by molar-refractivity contribution is -0.115. The highest BCUT2D eigenvalue weighted by molar-refractivity contribution is 6.30. The third-order valence-corrected chi connectivity index (χ3v) is 2.51. The summed E-state index contributed by atoms with van der Waals surface area (Å²) in [5.74, 6) is -0.00998. The molecule has 15 heavy (non-hydrogen) atoms. The summed E-state index contributed by atoms with van der Waals surface area (Å²) in [5.41, 5.74) is 0.780. The Bertz CT molecular complexity index is 346. The number of carbonyl (C=O) groups is 1. The molecule has 4 heteroatoms. The first kappa shape index (κ1) is 10.5. The number of carbonyl (C=O) groups excluding carboxylic acids is 1. The Morgan fingerprint density at radius 1 is 1.33 bits per heavy atom. The zero-order chi connectivity index (χ0) is 10.7. The van der Waals surface area contributed by atoms with Crippen LogP contribution in [0.15, 0.2) is 24.3 Å². The van der Waals surface area contributed by atoms with Crippen molar-refractivity contribution in [1.82, 2.24) is 5.32 Å². The van der Waals surface area contributed by atoms with E-state index in [1.165, 1.54) is 12.8 Å². The first-order valence-corrected chi connectivity index (χ1v) is 5.40. The molecule has 0 unspecified atom stereocenters. The highest BCUT2D eigenvalue weighted by Crippen LogP contribution is 2.18. The van der Waals surface area contributed by atoms with E-state index >= 15 is 0 Å². The summed E-state index contributed by atoms with van der Waals surface area (Å²) in [6.07, 6.45) is 2.38. The van der Waals surface area contributed by atoms with Crippen molar-refractivity contribution < 1.29 is 4.79 Å². The minimum Gasteiger partial charge on any atom is -0.325 e. The van der Waals surface area contributed by atoms with Gasteiger partial charge in [-0.3, -0.25) is 4.79 Å². The van der Waals surface area contributed by atoms with E-state index in [4.69, 9.17) is 11.6 Å². The summed E-state index contributed by atoms with van der Waals surface area (Å²) in [6, 6.07) is 7.65. The molecule has 0 bridgehead atoms. The number of rotatable bonds is 4. The van der Waals surface area contributed by atoms with Crippen LogP contribution in [0.2, 0.25) is 5.02 Å². The minimum absolute atomic E-state index is 0.00998. The molecule has 0 heterocycles. The highest BCUT2D eigenvalue weighted by atomic mass is 35.5. The first-order chi connectivity index (χ1) is 7.24. The second-order valence-corrected chi connectivity index (χ2v) is 4.15. The van der Waals surface area contributed by atoms with E-state index in [0.29, 0.717) is 17.6 Å². The van der Waals surface area contributed by atoms with Crippen molar-refractivity contribution >= 4 is 23.2 Å². The molecule has 1 aromatic rings. The van der Waals surface area contributed by atoms with Crippen LogP contribution >= 0.6 is 11.6 Å². The van der Waals surface area contributed by atoms with Crippen LogP contribution in [0.4, 0.5) is 5.69 Å². The standard InChI is InChI=1S/C11H13ClN2O/c12-8-1-3-10(4-2-8)14-11(15)7-13-9-5-6-9/h1-4,9,13H,5-7H2,(H,14,15). The predicted molar refractivity (Wildman–Crippen MR) is 61.1 cm³/mol. The summed E-state index contributed by atoms with van der Waals surface area (Å²) in [6.45, 7) is 0.382. The molecule has 3 nitrogen and oxygen atoms in total. The fourth-order valence-electron chi connectivity index (χ4n) is 1.26. The minimum atomic E-state index is -0.00998. The van der Waals surface area contributed by atoms with Gasteiger partial charge in [-0.05, 0) is 37.1 Å². The van der Waals surface area contributed by atoms with Gasteiger partial charge in [0, 0.05) is 16.8 Å². The van der Waals surface area contributed by atoms with Crippen molar-refractivity contribution in [2.24, 2.45) is 0 Å². The van der Waals surface area contributed by atoms with Crippen LogP contribution in [0.1, 0.15) is 12.8 Å². The fourth-order valence-corrected chi connectivity index (χ4v) is 1.39. The number of amides is 1. The Labute approximate surface area is 93.8 Å². The largest absolute Gasteiger partial charge is 0.325 e. The zero-order valence-corrected chi connectivity index (χ0v) is 9.05. The third-order valence-electron chi connectivity index (χ3n) is 2.26. The van der Waals surface area contributed by atoms with Crippen LogP contribution in [0.25, 0.3) is 0 Å². The van der Waals surface area contributed by atoms with E-state index in [0.717, 1.165) is 5.69 Å². The third kappa shape index (κ3) is 3.53. The van der Waals surface area contributed by atoms with Crippen LogP contribution in [0.5, 0.6) is 0 Å². The predicted octanol–water partition coefficient (Wildman–Crippen LogP) is 2.03. The van der Waals surface area contributed by atoms with Gasteiger partial charge in [-0.15, -0.1) is 0 Å². The van der Waals surface area contributed by atoms with E-state index in [1.807, 2.05) is 0 Å². The molecule has 1 aliphatic rings. The zero-order valence-electron chi connectivity index (χ0n) is 8.29. The number of benzene rings is 1. The molecule has 80 valence electrons. The molecular formula is C11H13ClN2O. The average molecular weight is 225 g/mol. The number of halogens is 1. The van der Waals surface area contributed by atoms with E-state index in [1.54, 1.807) is 24.3 Å². The van der Waals surface area contributed by atoms with Gasteiger partial charge in [-0.2, -0.15) is 0 Å². The van der Waals surface area contributed by atoms with Crippen molar-refractivity contribution in [3.8, 4) is 0 Å². The van der Waals surface area contributed by atoms with Crippen molar-refractivity contribution in [3.05, 3.63) is 29.3 Å². The van der Waals surface area contributed by atoms with Crippen LogP contribution in [0, 0.1) is 0 Å². The van der Waals surface area contributed by atoms with Gasteiger partial charge in [-0.25, -0.2) is 0 Å². The average Bonchev–Trinajstić information content (AvgIpc) is 3.02. The molecule has 2 rings (SSSR count). The number of nitrogens with one attached hydrogen (secondary N) is 2. The van der Waals surface area contributed by atoms with Crippen molar-refractivity contribution in [2.45, 2.75) is 18.9 Å². The molecule has 1 saturated carbocycles. The topological polar surface area (TPSA) is 41.1 Å². The van der Waals surface area contributed by atoms with Crippen LogP contribution in [0.3, 0.4) is 0 Å². The van der Waals surface area contributed by atoms with Crippen LogP contribution in [-0.2, 0) is 4.79 Å². The van der Waals surface area contributed by atoms with E-state index < -0.39 is 0 Å². The van der Waals surface area contributed by atoms with Gasteiger partial charge in [0.2, 0.25) is 5.91 Å². The summed E-state index contributed by atoms with van der Waals surface area (Å²) >= 11 is 5.73. The molecule has 0 spiro atoms. The molecule has 1 amide bonds. The lowest BCUT2D eigenvalue weighted by Crippen LogP contribution is -2.29. The summed E-state index contributed by atoms with van der Waals surface area (Å²) < 4.78 is 0. The van der Waals surface area contributed by atoms with E-state index in [-0.39, 0.29) is 5.91 Å². The molecule has 0 aliphatic heterocycles. The fraction of sp³-hybridized carbons (Fsp3) is 0.364. The van der Waals surface area contributed by atoms with Gasteiger partial charge in [0.25, 0.3) is 0 Å². The van der Waals surface area contributed by atoms with Crippen LogP contribution < -0.4 is 10.6 Å². The van der Waals surface area contributed by atoms with Gasteiger partial charge >= 0.3 is 0 Å². The summed E-state index contributed by atoms with van der Waals surface area (Å²) in [7, 11) is 0. The van der Waals surface area contributed by atoms with Gasteiger partial charge in [0.1, 0.15) is 0 Å². The maximum absolute atomic E-state index is 11.4. The molecule has 0 aromatic heterocycles. The van der Waals surface area contributed by atoms with Crippen molar-refractivity contribution in [3.63, 3.8) is 0 Å². The molecule has 1 aromatic carbocycles. The molecule has 0 radical (unpaired) electrons. The maximum atomic E-state index is 11.4. The summed E-state index contributed by atoms with van der Waals surface area (Å²) in [4.78, 5) is 11.4. The van der Waals surface area contributed by atoms with E-state index in [2.05, 4.69) is 10.6 Å². The van der Waals surface area contributed by atoms with Gasteiger partial charge in [0.05, 0.1) is 6.54 Å². The lowest BCUT2D eigenvalue weighted by Gasteiger charge is -2.05. The number of anilines is 1. The molecule has 1 fully saturated rings. The lowest BCUT2D eigenvalue weighted by atomic mass is 10.3. The molecule has 0 atom stereocenters. The maximum Gasteiger partial charge on any atom is 0.238 e. The Morgan fingerprint density at radius 3 is 2.60 bits per heavy atom. The Kier molecular flexibility index (Phi) is 3.23. The monoisotopic (exact) mass is 224 g/mol. The van der Waals surface area contributed by atoms with Gasteiger partial charge in [0.15, 0.2) is 0 Å². The Balaban J connectivity index is 1.79. The summed E-state index contributed by atoms with van der Waals surface area (Å²) in [5, 5.41) is 6.61. The first-order valence-electron chi connectivity index (χ1n) is 5.03.